The van der Waals surface area contributed by atoms with Crippen LogP contribution in [0.4, 0.5) is 4.39 Å². The Bertz CT molecular complexity index is 467. The largest absolute Gasteiger partial charge is 0.389 e. The highest BCUT2D eigenvalue weighted by molar-refractivity contribution is 6.30. The molecule has 0 aliphatic carbocycles. The first-order chi connectivity index (χ1) is 10.6. The molecule has 1 heterocycles. The number of hydrogen-bond donors (Lipinski definition) is 2. The number of ether oxygens (including phenoxy) is 1. The van der Waals surface area contributed by atoms with Crippen LogP contribution < -0.4 is 5.32 Å². The van der Waals surface area contributed by atoms with E-state index in [-0.39, 0.29) is 5.82 Å². The van der Waals surface area contributed by atoms with Crippen LogP contribution in [0.1, 0.15) is 18.4 Å². The van der Waals surface area contributed by atoms with Crippen molar-refractivity contribution in [2.24, 2.45) is 0 Å². The van der Waals surface area contributed by atoms with Gasteiger partial charge in [-0.1, -0.05) is 11.6 Å². The van der Waals surface area contributed by atoms with Crippen molar-refractivity contribution < 1.29 is 14.2 Å². The van der Waals surface area contributed by atoms with Crippen LogP contribution in [-0.4, -0.2) is 55.5 Å². The monoisotopic (exact) mass is 330 g/mol. The van der Waals surface area contributed by atoms with Crippen molar-refractivity contribution in [3.8, 4) is 0 Å². The summed E-state index contributed by atoms with van der Waals surface area (Å²) < 4.78 is 18.6. The molecule has 4 nitrogen and oxygen atoms in total. The summed E-state index contributed by atoms with van der Waals surface area (Å²) in [6, 6.07) is 5.00. The zero-order valence-electron chi connectivity index (χ0n) is 12.9. The number of halogens is 2. The SMILES string of the molecule is COCC(O)CN1CCC(NCc2cc(Cl)ccc2F)CC1. The normalized spacial score (nSPS) is 18.5. The van der Waals surface area contributed by atoms with Gasteiger partial charge in [0.15, 0.2) is 0 Å². The lowest BCUT2D eigenvalue weighted by molar-refractivity contribution is 0.0310. The second-order valence-electron chi connectivity index (χ2n) is 5.80. The number of methoxy groups -OCH3 is 1. The molecule has 124 valence electrons. The lowest BCUT2D eigenvalue weighted by atomic mass is 10.0. The summed E-state index contributed by atoms with van der Waals surface area (Å²) in [5.74, 6) is -0.225. The Hall–Kier alpha value is -0.720. The van der Waals surface area contributed by atoms with Crippen LogP contribution in [0.15, 0.2) is 18.2 Å². The molecule has 0 amide bonds. The molecular weight excluding hydrogens is 307 g/mol. The van der Waals surface area contributed by atoms with Crippen molar-refractivity contribution in [2.45, 2.75) is 31.5 Å². The molecule has 2 N–H and O–H groups in total. The van der Waals surface area contributed by atoms with Gasteiger partial charge in [-0.05, 0) is 44.1 Å². The highest BCUT2D eigenvalue weighted by Gasteiger charge is 2.20. The summed E-state index contributed by atoms with van der Waals surface area (Å²) in [6.07, 6.45) is 1.54. The molecule has 0 saturated carbocycles. The fourth-order valence-electron chi connectivity index (χ4n) is 2.80. The van der Waals surface area contributed by atoms with E-state index >= 15 is 0 Å². The van der Waals surface area contributed by atoms with Crippen LogP contribution in [0.25, 0.3) is 0 Å². The molecule has 0 aromatic heterocycles. The molecule has 6 heteroatoms. The van der Waals surface area contributed by atoms with Gasteiger partial charge in [0.1, 0.15) is 5.82 Å². The molecule has 0 radical (unpaired) electrons. The van der Waals surface area contributed by atoms with Gasteiger partial charge >= 0.3 is 0 Å². The summed E-state index contributed by atoms with van der Waals surface area (Å²) in [5, 5.41) is 13.7. The molecule has 0 spiro atoms. The third kappa shape index (κ3) is 5.48. The van der Waals surface area contributed by atoms with Gasteiger partial charge in [-0.2, -0.15) is 0 Å². The van der Waals surface area contributed by atoms with Crippen molar-refractivity contribution in [1.29, 1.82) is 0 Å². The maximum absolute atomic E-state index is 13.7. The summed E-state index contributed by atoms with van der Waals surface area (Å²) >= 11 is 5.90. The third-order valence-electron chi connectivity index (χ3n) is 4.00. The Labute approximate surface area is 136 Å². The van der Waals surface area contributed by atoms with E-state index in [0.29, 0.717) is 36.3 Å². The third-order valence-corrected chi connectivity index (χ3v) is 4.24. The first-order valence-electron chi connectivity index (χ1n) is 7.65. The first-order valence-corrected chi connectivity index (χ1v) is 8.03. The van der Waals surface area contributed by atoms with Gasteiger partial charge in [0, 0.05) is 36.8 Å². The summed E-state index contributed by atoms with van der Waals surface area (Å²) in [5.41, 5.74) is 0.602. The average Bonchev–Trinajstić information content (AvgIpc) is 2.50. The lowest BCUT2D eigenvalue weighted by Crippen LogP contribution is -2.45. The Kier molecular flexibility index (Phi) is 7.05. The summed E-state index contributed by atoms with van der Waals surface area (Å²) in [6.45, 7) is 3.35. The smallest absolute Gasteiger partial charge is 0.127 e. The van der Waals surface area contributed by atoms with E-state index in [1.54, 1.807) is 19.2 Å². The van der Waals surface area contributed by atoms with E-state index in [9.17, 15) is 9.50 Å². The fourth-order valence-corrected chi connectivity index (χ4v) is 2.99. The number of β-amino-alcohol motifs (C(OH)–C–C–N with tert-alkyl or cyclic N) is 1. The number of nitrogens with zero attached hydrogens (tertiary/aromatic N) is 1. The molecule has 1 fully saturated rings. The van der Waals surface area contributed by atoms with E-state index in [2.05, 4.69) is 10.2 Å². The van der Waals surface area contributed by atoms with E-state index in [1.807, 2.05) is 0 Å². The van der Waals surface area contributed by atoms with Crippen molar-refractivity contribution >= 4 is 11.6 Å². The predicted octanol–water partition coefficient (Wildman–Crippen LogP) is 2.04. The summed E-state index contributed by atoms with van der Waals surface area (Å²) in [4.78, 5) is 2.24. The van der Waals surface area contributed by atoms with Crippen LogP contribution in [0.5, 0.6) is 0 Å². The van der Waals surface area contributed by atoms with Crippen molar-refractivity contribution in [3.63, 3.8) is 0 Å². The number of rotatable bonds is 7. The van der Waals surface area contributed by atoms with Crippen LogP contribution in [0.3, 0.4) is 0 Å². The van der Waals surface area contributed by atoms with Crippen LogP contribution in [0.2, 0.25) is 5.02 Å². The molecule has 1 aromatic rings. The molecule has 1 aromatic carbocycles. The van der Waals surface area contributed by atoms with Crippen LogP contribution in [0, 0.1) is 5.82 Å². The van der Waals surface area contributed by atoms with Gasteiger partial charge in [-0.25, -0.2) is 4.39 Å². The maximum Gasteiger partial charge on any atom is 0.127 e. The number of aliphatic hydroxyl groups is 1. The molecule has 1 saturated heterocycles. The van der Waals surface area contributed by atoms with Crippen molar-refractivity contribution in [2.75, 3.05) is 33.4 Å². The van der Waals surface area contributed by atoms with E-state index < -0.39 is 6.10 Å². The highest BCUT2D eigenvalue weighted by Crippen LogP contribution is 2.16. The quantitative estimate of drug-likeness (QED) is 0.803. The molecule has 0 bridgehead atoms. The number of benzene rings is 1. The summed E-state index contributed by atoms with van der Waals surface area (Å²) in [7, 11) is 1.59. The highest BCUT2D eigenvalue weighted by atomic mass is 35.5. The second kappa shape index (κ2) is 8.79. The standard InChI is InChI=1S/C16H24ClFN2O2/c1-22-11-15(21)10-20-6-4-14(5-7-20)19-9-12-8-13(17)2-3-16(12)18/h2-3,8,14-15,19,21H,4-7,9-11H2,1H3. The number of aliphatic hydroxyl groups excluding tert-OH is 1. The van der Waals surface area contributed by atoms with Crippen molar-refractivity contribution in [1.82, 2.24) is 10.2 Å². The number of nitrogens with one attached hydrogen (secondary N) is 1. The minimum atomic E-state index is -0.435. The van der Waals surface area contributed by atoms with E-state index in [1.165, 1.54) is 6.07 Å². The second-order valence-corrected chi connectivity index (χ2v) is 6.24. The van der Waals surface area contributed by atoms with Crippen molar-refractivity contribution in [3.05, 3.63) is 34.6 Å². The Balaban J connectivity index is 1.72. The zero-order valence-corrected chi connectivity index (χ0v) is 13.7. The maximum atomic E-state index is 13.7. The van der Waals surface area contributed by atoms with Gasteiger partial charge in [0.05, 0.1) is 12.7 Å². The Morgan fingerprint density at radius 1 is 1.45 bits per heavy atom. The molecule has 1 atom stereocenters. The fraction of sp³-hybridized carbons (Fsp3) is 0.625. The van der Waals surface area contributed by atoms with E-state index in [4.69, 9.17) is 16.3 Å². The number of hydrogen-bond acceptors (Lipinski definition) is 4. The van der Waals surface area contributed by atoms with Gasteiger partial charge in [-0.15, -0.1) is 0 Å². The topological polar surface area (TPSA) is 44.7 Å². The predicted molar refractivity (Wildman–Crippen MR) is 85.6 cm³/mol. The number of piperidine rings is 1. The van der Waals surface area contributed by atoms with Gasteiger partial charge in [-0.3, -0.25) is 0 Å². The Morgan fingerprint density at radius 2 is 2.18 bits per heavy atom. The van der Waals surface area contributed by atoms with Crippen LogP contribution in [-0.2, 0) is 11.3 Å². The zero-order chi connectivity index (χ0) is 15.9. The number of likely N-dealkylation sites (tertiary alicyclic amines) is 1. The molecule has 1 unspecified atom stereocenters. The van der Waals surface area contributed by atoms with Gasteiger partial charge < -0.3 is 20.1 Å². The van der Waals surface area contributed by atoms with Crippen LogP contribution >= 0.6 is 11.6 Å². The van der Waals surface area contributed by atoms with E-state index in [0.717, 1.165) is 25.9 Å². The molecule has 1 aliphatic rings. The molecule has 22 heavy (non-hydrogen) atoms. The first kappa shape index (κ1) is 17.6. The lowest BCUT2D eigenvalue weighted by Gasteiger charge is -2.33. The Morgan fingerprint density at radius 3 is 2.86 bits per heavy atom. The van der Waals surface area contributed by atoms with Gasteiger partial charge in [0.25, 0.3) is 0 Å². The van der Waals surface area contributed by atoms with Gasteiger partial charge in [0.2, 0.25) is 0 Å². The minimum Gasteiger partial charge on any atom is -0.389 e. The molecule has 1 aliphatic heterocycles. The average molecular weight is 331 g/mol. The minimum absolute atomic E-state index is 0.225. The molecular formula is C16H24ClFN2O2. The molecule has 2 rings (SSSR count).